The molecule has 24 heavy (non-hydrogen) atoms. The second-order valence-corrected chi connectivity index (χ2v) is 7.37. The summed E-state index contributed by atoms with van der Waals surface area (Å²) in [5, 5.41) is 2.60. The number of carbonyl (C=O) groups is 1. The molecule has 2 aromatic carbocycles. The molecule has 0 aliphatic carbocycles. The first-order chi connectivity index (χ1) is 11.3. The molecule has 7 heteroatoms. The van der Waals surface area contributed by atoms with Gasteiger partial charge < -0.3 is 14.8 Å². The number of hydrogen-bond acceptors (Lipinski definition) is 3. The van der Waals surface area contributed by atoms with Crippen molar-refractivity contribution in [1.82, 2.24) is 5.32 Å². The minimum Gasteiger partial charge on any atom is -0.497 e. The Bertz CT molecular complexity index is 699. The van der Waals surface area contributed by atoms with Crippen LogP contribution >= 0.6 is 34.8 Å². The lowest BCUT2D eigenvalue weighted by atomic mass is 10.1. The fraction of sp³-hybridized carbons (Fsp3) is 0.235. The maximum Gasteiger partial charge on any atom is 0.254 e. The van der Waals surface area contributed by atoms with E-state index in [1.807, 2.05) is 19.1 Å². The molecule has 1 N–H and O–H groups in total. The Kier molecular flexibility index (Phi) is 6.21. The van der Waals surface area contributed by atoms with Crippen LogP contribution in [0.1, 0.15) is 15.9 Å². The van der Waals surface area contributed by atoms with Gasteiger partial charge in [-0.05, 0) is 42.8 Å². The normalized spacial score (nSPS) is 12.4. The zero-order valence-corrected chi connectivity index (χ0v) is 15.3. The Balaban J connectivity index is 2.16. The number of benzene rings is 2. The summed E-state index contributed by atoms with van der Waals surface area (Å²) in [6.07, 6.45) is -1.16. The SMILES string of the molecule is COc1ccc(OC(NC(=O)c2ccccc2C)C(Cl)(Cl)Cl)cc1. The first-order valence-corrected chi connectivity index (χ1v) is 8.18. The third-order valence-electron chi connectivity index (χ3n) is 3.26. The van der Waals surface area contributed by atoms with E-state index in [9.17, 15) is 4.79 Å². The Morgan fingerprint density at radius 2 is 1.62 bits per heavy atom. The predicted molar refractivity (Wildman–Crippen MR) is 96.3 cm³/mol. The van der Waals surface area contributed by atoms with Gasteiger partial charge in [0.25, 0.3) is 5.91 Å². The number of methoxy groups -OCH3 is 1. The lowest BCUT2D eigenvalue weighted by molar-refractivity contribution is 0.0832. The highest BCUT2D eigenvalue weighted by Gasteiger charge is 2.36. The lowest BCUT2D eigenvalue weighted by Crippen LogP contribution is -2.48. The highest BCUT2D eigenvalue weighted by Crippen LogP contribution is 2.32. The summed E-state index contributed by atoms with van der Waals surface area (Å²) in [5.74, 6) is 0.701. The number of alkyl halides is 3. The fourth-order valence-electron chi connectivity index (χ4n) is 1.99. The van der Waals surface area contributed by atoms with Gasteiger partial charge in [-0.25, -0.2) is 0 Å². The quantitative estimate of drug-likeness (QED) is 0.605. The van der Waals surface area contributed by atoms with Crippen molar-refractivity contribution in [3.8, 4) is 11.5 Å². The number of amides is 1. The number of hydrogen-bond donors (Lipinski definition) is 1. The van der Waals surface area contributed by atoms with Crippen LogP contribution in [0, 0.1) is 6.92 Å². The Morgan fingerprint density at radius 3 is 2.17 bits per heavy atom. The molecule has 0 saturated heterocycles. The summed E-state index contributed by atoms with van der Waals surface area (Å²) in [6, 6.07) is 13.8. The molecule has 0 fully saturated rings. The summed E-state index contributed by atoms with van der Waals surface area (Å²) in [7, 11) is 1.56. The molecule has 0 spiro atoms. The third-order valence-corrected chi connectivity index (χ3v) is 3.86. The van der Waals surface area contributed by atoms with Gasteiger partial charge in [0, 0.05) is 5.56 Å². The monoisotopic (exact) mass is 387 g/mol. The molecule has 0 radical (unpaired) electrons. The van der Waals surface area contributed by atoms with Crippen LogP contribution in [0.2, 0.25) is 0 Å². The van der Waals surface area contributed by atoms with E-state index in [-0.39, 0.29) is 0 Å². The first-order valence-electron chi connectivity index (χ1n) is 7.05. The standard InChI is InChI=1S/C17H16Cl3NO3/c1-11-5-3-4-6-14(11)15(22)21-16(17(18,19)20)24-13-9-7-12(23-2)8-10-13/h3-10,16H,1-2H3,(H,21,22). The van der Waals surface area contributed by atoms with Crippen molar-refractivity contribution < 1.29 is 14.3 Å². The van der Waals surface area contributed by atoms with E-state index in [1.165, 1.54) is 0 Å². The van der Waals surface area contributed by atoms with Crippen LogP contribution < -0.4 is 14.8 Å². The van der Waals surface area contributed by atoms with Crippen molar-refractivity contribution >= 4 is 40.7 Å². The van der Waals surface area contributed by atoms with E-state index in [1.54, 1.807) is 43.5 Å². The summed E-state index contributed by atoms with van der Waals surface area (Å²) in [6.45, 7) is 1.82. The molecule has 2 aromatic rings. The number of halogens is 3. The second kappa shape index (κ2) is 7.97. The van der Waals surface area contributed by atoms with Gasteiger partial charge in [-0.1, -0.05) is 53.0 Å². The van der Waals surface area contributed by atoms with Gasteiger partial charge in [0.15, 0.2) is 0 Å². The summed E-state index contributed by atoms with van der Waals surface area (Å²) < 4.78 is 8.85. The smallest absolute Gasteiger partial charge is 0.254 e. The van der Waals surface area contributed by atoms with Crippen LogP contribution in [0.15, 0.2) is 48.5 Å². The zero-order valence-electron chi connectivity index (χ0n) is 13.1. The highest BCUT2D eigenvalue weighted by molar-refractivity contribution is 6.68. The van der Waals surface area contributed by atoms with Crippen molar-refractivity contribution in [2.45, 2.75) is 16.9 Å². The van der Waals surface area contributed by atoms with Gasteiger partial charge >= 0.3 is 0 Å². The molecule has 1 unspecified atom stereocenters. The van der Waals surface area contributed by atoms with E-state index < -0.39 is 15.9 Å². The summed E-state index contributed by atoms with van der Waals surface area (Å²) in [5.41, 5.74) is 1.29. The minimum atomic E-state index is -1.85. The molecule has 4 nitrogen and oxygen atoms in total. The van der Waals surface area contributed by atoms with Crippen molar-refractivity contribution in [3.63, 3.8) is 0 Å². The lowest BCUT2D eigenvalue weighted by Gasteiger charge is -2.26. The molecular formula is C17H16Cl3NO3. The van der Waals surface area contributed by atoms with Gasteiger partial charge in [-0.15, -0.1) is 0 Å². The van der Waals surface area contributed by atoms with E-state index in [2.05, 4.69) is 5.32 Å². The largest absolute Gasteiger partial charge is 0.497 e. The Hall–Kier alpha value is -1.62. The highest BCUT2D eigenvalue weighted by atomic mass is 35.6. The van der Waals surface area contributed by atoms with Gasteiger partial charge in [0.05, 0.1) is 7.11 Å². The fourth-order valence-corrected chi connectivity index (χ4v) is 2.29. The van der Waals surface area contributed by atoms with Gasteiger partial charge in [0.1, 0.15) is 11.5 Å². The molecule has 2 rings (SSSR count). The number of aryl methyl sites for hydroxylation is 1. The van der Waals surface area contributed by atoms with E-state index in [4.69, 9.17) is 44.3 Å². The van der Waals surface area contributed by atoms with Gasteiger partial charge in [0.2, 0.25) is 10.0 Å². The molecule has 1 atom stereocenters. The van der Waals surface area contributed by atoms with E-state index >= 15 is 0 Å². The number of rotatable bonds is 5. The molecule has 128 valence electrons. The van der Waals surface area contributed by atoms with E-state index in [0.29, 0.717) is 17.1 Å². The topological polar surface area (TPSA) is 47.6 Å². The van der Waals surface area contributed by atoms with Crippen LogP contribution in [0.3, 0.4) is 0 Å². The van der Waals surface area contributed by atoms with Crippen molar-refractivity contribution in [2.75, 3.05) is 7.11 Å². The van der Waals surface area contributed by atoms with Crippen LogP contribution in [0.4, 0.5) is 0 Å². The molecule has 0 aliphatic rings. The van der Waals surface area contributed by atoms with Crippen molar-refractivity contribution in [1.29, 1.82) is 0 Å². The number of nitrogens with one attached hydrogen (secondary N) is 1. The first kappa shape index (κ1) is 18.7. The Labute approximate surface area is 155 Å². The van der Waals surface area contributed by atoms with Gasteiger partial charge in [-0.2, -0.15) is 0 Å². The maximum atomic E-state index is 12.4. The maximum absolute atomic E-state index is 12.4. The molecular weight excluding hydrogens is 373 g/mol. The molecule has 0 heterocycles. The zero-order chi connectivity index (χ0) is 17.7. The predicted octanol–water partition coefficient (Wildman–Crippen LogP) is 4.51. The number of ether oxygens (including phenoxy) is 2. The molecule has 0 aromatic heterocycles. The van der Waals surface area contributed by atoms with Crippen molar-refractivity contribution in [3.05, 3.63) is 59.7 Å². The second-order valence-electron chi connectivity index (χ2n) is 5.00. The van der Waals surface area contributed by atoms with Crippen LogP contribution in [0.25, 0.3) is 0 Å². The van der Waals surface area contributed by atoms with Crippen LogP contribution in [-0.4, -0.2) is 23.0 Å². The molecule has 1 amide bonds. The molecule has 0 bridgehead atoms. The summed E-state index contributed by atoms with van der Waals surface area (Å²) in [4.78, 5) is 12.4. The third kappa shape index (κ3) is 4.94. The van der Waals surface area contributed by atoms with Crippen LogP contribution in [-0.2, 0) is 0 Å². The van der Waals surface area contributed by atoms with Gasteiger partial charge in [-0.3, -0.25) is 4.79 Å². The molecule has 0 aliphatic heterocycles. The minimum absolute atomic E-state index is 0.391. The summed E-state index contributed by atoms with van der Waals surface area (Å²) >= 11 is 17.8. The van der Waals surface area contributed by atoms with Crippen molar-refractivity contribution in [2.24, 2.45) is 0 Å². The van der Waals surface area contributed by atoms with E-state index in [0.717, 1.165) is 5.56 Å². The Morgan fingerprint density at radius 1 is 1.04 bits per heavy atom. The number of carbonyl (C=O) groups excluding carboxylic acids is 1. The van der Waals surface area contributed by atoms with Crippen LogP contribution in [0.5, 0.6) is 11.5 Å². The average Bonchev–Trinajstić information content (AvgIpc) is 2.54. The average molecular weight is 389 g/mol. The molecule has 0 saturated carbocycles.